The minimum Gasteiger partial charge on any atom is -0.456 e. The van der Waals surface area contributed by atoms with Gasteiger partial charge >= 0.3 is 12.3 Å². The number of hydrogen-bond acceptors (Lipinski definition) is 6. The number of carbonyl (C=O) groups is 3. The van der Waals surface area contributed by atoms with E-state index in [1.165, 1.54) is 11.0 Å². The van der Waals surface area contributed by atoms with E-state index in [9.17, 15) is 37.0 Å². The second kappa shape index (κ2) is 11.7. The second-order valence-corrected chi connectivity index (χ2v) is 15.0. The van der Waals surface area contributed by atoms with Crippen molar-refractivity contribution in [1.82, 2.24) is 15.5 Å². The molecule has 0 bridgehead atoms. The van der Waals surface area contributed by atoms with Crippen LogP contribution in [0.2, 0.25) is 0 Å². The molecule has 2 unspecified atom stereocenters. The summed E-state index contributed by atoms with van der Waals surface area (Å²) in [5, 5.41) is 3.70. The van der Waals surface area contributed by atoms with Gasteiger partial charge < -0.3 is 29.6 Å². The van der Waals surface area contributed by atoms with Crippen LogP contribution >= 0.6 is 7.37 Å². The first-order chi connectivity index (χ1) is 19.5. The lowest BCUT2D eigenvalue weighted by Crippen LogP contribution is -2.58. The highest BCUT2D eigenvalue weighted by molar-refractivity contribution is 7.59. The van der Waals surface area contributed by atoms with Crippen molar-refractivity contribution in [3.05, 3.63) is 36.3 Å². The molecule has 2 aliphatic carbocycles. The third-order valence-electron chi connectivity index (χ3n) is 8.33. The standard InChI is InChI=1S/C28H39F3N3O7P/c1-5-17-15-27(17,42(38,39)16-19-12-13-21(40-19)28(29,30)31)33-23(35)20-11-8-14-34(20)24(36)22(26(2,3)4)32-25(37)41-18-9-6-7-10-18/h5,12-13,17-18,20,22H,1,6-11,14-16H2,2-4H3,(H,32,37)(H,33,35)(H,38,39)/t17-,20+,22?,27+/m1/s1. The van der Waals surface area contributed by atoms with Crippen LogP contribution in [-0.4, -0.2) is 57.7 Å². The highest BCUT2D eigenvalue weighted by atomic mass is 31.2. The van der Waals surface area contributed by atoms with Crippen LogP contribution in [0.25, 0.3) is 0 Å². The van der Waals surface area contributed by atoms with Crippen molar-refractivity contribution in [1.29, 1.82) is 0 Å². The van der Waals surface area contributed by atoms with Crippen molar-refractivity contribution in [3.8, 4) is 0 Å². The highest BCUT2D eigenvalue weighted by Crippen LogP contribution is 2.71. The number of likely N-dealkylation sites (tertiary alicyclic amines) is 1. The topological polar surface area (TPSA) is 138 Å². The van der Waals surface area contributed by atoms with E-state index in [0.717, 1.165) is 31.7 Å². The van der Waals surface area contributed by atoms with Gasteiger partial charge in [-0.3, -0.25) is 14.2 Å². The summed E-state index contributed by atoms with van der Waals surface area (Å²) in [5.41, 5.74) is -0.722. The molecule has 0 spiro atoms. The maximum atomic E-state index is 13.8. The molecule has 10 nitrogen and oxygen atoms in total. The fourth-order valence-electron chi connectivity index (χ4n) is 5.88. The van der Waals surface area contributed by atoms with Gasteiger partial charge in [0.15, 0.2) is 0 Å². The molecule has 3 amide bonds. The number of nitrogens with one attached hydrogen (secondary N) is 2. The van der Waals surface area contributed by atoms with Gasteiger partial charge in [-0.2, -0.15) is 13.2 Å². The van der Waals surface area contributed by atoms with Gasteiger partial charge in [0.1, 0.15) is 29.2 Å². The average Bonchev–Trinajstić information content (AvgIpc) is 3.36. The summed E-state index contributed by atoms with van der Waals surface area (Å²) in [5.74, 6) is -3.36. The van der Waals surface area contributed by atoms with Crippen LogP contribution in [0, 0.1) is 11.3 Å². The Morgan fingerprint density at radius 2 is 1.88 bits per heavy atom. The first-order valence-corrected chi connectivity index (χ1v) is 16.0. The van der Waals surface area contributed by atoms with Crippen molar-refractivity contribution in [3.63, 3.8) is 0 Å². The highest BCUT2D eigenvalue weighted by Gasteiger charge is 2.66. The average molecular weight is 618 g/mol. The number of halogens is 3. The summed E-state index contributed by atoms with van der Waals surface area (Å²) >= 11 is 0. The van der Waals surface area contributed by atoms with Gasteiger partial charge in [-0.05, 0) is 62.5 Å². The summed E-state index contributed by atoms with van der Waals surface area (Å²) in [6.07, 6.45) is -0.649. The summed E-state index contributed by atoms with van der Waals surface area (Å²) in [6, 6.07) is -0.301. The Hall–Kier alpha value is -2.79. The van der Waals surface area contributed by atoms with Crippen LogP contribution in [0.1, 0.15) is 77.2 Å². The second-order valence-electron chi connectivity index (χ2n) is 12.5. The predicted molar refractivity (Wildman–Crippen MR) is 146 cm³/mol. The van der Waals surface area contributed by atoms with Crippen molar-refractivity contribution in [2.24, 2.45) is 11.3 Å². The van der Waals surface area contributed by atoms with Crippen molar-refractivity contribution < 1.29 is 46.2 Å². The van der Waals surface area contributed by atoms with E-state index in [4.69, 9.17) is 9.15 Å². The molecule has 42 heavy (non-hydrogen) atoms. The zero-order chi connectivity index (χ0) is 31.1. The number of amides is 3. The van der Waals surface area contributed by atoms with Gasteiger partial charge in [0.25, 0.3) is 0 Å². The Balaban J connectivity index is 1.48. The van der Waals surface area contributed by atoms with Crippen molar-refractivity contribution >= 4 is 25.3 Å². The minimum atomic E-state index is -4.75. The van der Waals surface area contributed by atoms with Gasteiger partial charge in [0, 0.05) is 12.5 Å². The third-order valence-corrected chi connectivity index (χ3v) is 10.9. The number of nitrogens with zero attached hydrogens (tertiary/aromatic N) is 1. The molecule has 1 saturated heterocycles. The predicted octanol–water partition coefficient (Wildman–Crippen LogP) is 5.16. The zero-order valence-electron chi connectivity index (χ0n) is 24.0. The Morgan fingerprint density at radius 1 is 1.21 bits per heavy atom. The fourth-order valence-corrected chi connectivity index (χ4v) is 8.14. The molecule has 3 aliphatic rings. The van der Waals surface area contributed by atoms with Crippen LogP contribution in [-0.2, 0) is 31.2 Å². The Bertz CT molecular complexity index is 1250. The lowest BCUT2D eigenvalue weighted by molar-refractivity contribution is -0.153. The Morgan fingerprint density at radius 3 is 2.43 bits per heavy atom. The number of carbonyl (C=O) groups excluding carboxylic acids is 3. The molecular formula is C28H39F3N3O7P. The molecule has 0 aromatic carbocycles. The smallest absolute Gasteiger partial charge is 0.449 e. The molecule has 2 heterocycles. The first-order valence-electron chi connectivity index (χ1n) is 14.2. The van der Waals surface area contributed by atoms with Crippen molar-refractivity contribution in [2.75, 3.05) is 6.54 Å². The monoisotopic (exact) mass is 617 g/mol. The Kier molecular flexibility index (Phi) is 8.96. The molecule has 14 heteroatoms. The molecule has 1 aromatic rings. The van der Waals surface area contributed by atoms with Crippen LogP contribution < -0.4 is 10.6 Å². The van der Waals surface area contributed by atoms with Gasteiger partial charge in [-0.25, -0.2) is 4.79 Å². The molecule has 2 saturated carbocycles. The third kappa shape index (κ3) is 6.72. The molecule has 234 valence electrons. The summed E-state index contributed by atoms with van der Waals surface area (Å²) in [7, 11) is -4.38. The summed E-state index contributed by atoms with van der Waals surface area (Å²) in [6.45, 7) is 9.25. The lowest BCUT2D eigenvalue weighted by Gasteiger charge is -2.36. The van der Waals surface area contributed by atoms with Gasteiger partial charge in [-0.1, -0.05) is 26.8 Å². The number of rotatable bonds is 9. The van der Waals surface area contributed by atoms with Crippen LogP contribution in [0.5, 0.6) is 0 Å². The SMILES string of the molecule is C=C[C@@H]1C[C@]1(NC(=O)[C@@H]1CCCN1C(=O)C(NC(=O)OC1CCCC1)C(C)(C)C)P(=O)(O)Cc1ccc(C(F)(F)F)o1. The van der Waals surface area contributed by atoms with Gasteiger partial charge in [0.05, 0.1) is 6.16 Å². The van der Waals surface area contributed by atoms with Crippen molar-refractivity contribution in [2.45, 2.75) is 102 Å². The van der Waals surface area contributed by atoms with Crippen LogP contribution in [0.3, 0.4) is 0 Å². The van der Waals surface area contributed by atoms with E-state index in [1.54, 1.807) is 20.8 Å². The van der Waals surface area contributed by atoms with Gasteiger partial charge in [-0.15, -0.1) is 6.58 Å². The molecular weight excluding hydrogens is 578 g/mol. The van der Waals surface area contributed by atoms with E-state index in [1.807, 2.05) is 0 Å². The largest absolute Gasteiger partial charge is 0.456 e. The molecule has 1 aromatic heterocycles. The zero-order valence-corrected chi connectivity index (χ0v) is 24.9. The maximum Gasteiger partial charge on any atom is 0.449 e. The minimum absolute atomic E-state index is 0.0582. The first kappa shape index (κ1) is 32.1. The molecule has 4 rings (SSSR count). The molecule has 5 atom stereocenters. The summed E-state index contributed by atoms with van der Waals surface area (Å²) in [4.78, 5) is 52.4. The van der Waals surface area contributed by atoms with Crippen LogP contribution in [0.15, 0.2) is 29.2 Å². The fraction of sp³-hybridized carbons (Fsp3) is 0.679. The number of alkyl carbamates (subject to hydrolysis) is 1. The van der Waals surface area contributed by atoms with E-state index >= 15 is 0 Å². The molecule has 3 N–H and O–H groups in total. The molecule has 1 aliphatic heterocycles. The normalized spacial score (nSPS) is 26.8. The van der Waals surface area contributed by atoms with Gasteiger partial charge in [0.2, 0.25) is 24.9 Å². The van der Waals surface area contributed by atoms with E-state index in [0.29, 0.717) is 18.9 Å². The number of furan rings is 1. The summed E-state index contributed by atoms with van der Waals surface area (Å²) < 4.78 is 62.8. The van der Waals surface area contributed by atoms with E-state index < -0.39 is 72.1 Å². The quantitative estimate of drug-likeness (QED) is 0.257. The molecule has 3 fully saturated rings. The maximum absolute atomic E-state index is 13.8. The van der Waals surface area contributed by atoms with Crippen LogP contribution in [0.4, 0.5) is 18.0 Å². The molecule has 0 radical (unpaired) electrons. The van der Waals surface area contributed by atoms with E-state index in [-0.39, 0.29) is 24.8 Å². The van der Waals surface area contributed by atoms with E-state index in [2.05, 4.69) is 17.2 Å². The Labute approximate surface area is 242 Å². The number of hydrogen-bond donors (Lipinski definition) is 3. The lowest BCUT2D eigenvalue weighted by atomic mass is 9.85. The number of ether oxygens (including phenoxy) is 1. The number of alkyl halides is 3.